The van der Waals surface area contributed by atoms with Crippen LogP contribution in [-0.2, 0) is 4.79 Å². The number of hydrogen-bond acceptors (Lipinski definition) is 2. The average Bonchev–Trinajstić information content (AvgIpc) is 2.73. The van der Waals surface area contributed by atoms with Crippen molar-refractivity contribution in [3.63, 3.8) is 0 Å². The Hall–Kier alpha value is -1.19. The van der Waals surface area contributed by atoms with E-state index in [-0.39, 0.29) is 17.9 Å². The molecule has 116 valence electrons. The second-order valence-electron chi connectivity index (χ2n) is 6.81. The third kappa shape index (κ3) is 3.19. The van der Waals surface area contributed by atoms with Gasteiger partial charge in [-0.05, 0) is 44.4 Å². The number of amides is 3. The van der Waals surface area contributed by atoms with Crippen LogP contribution in [0.5, 0.6) is 0 Å². The molecule has 2 aliphatic heterocycles. The van der Waals surface area contributed by atoms with Crippen LogP contribution in [0.3, 0.4) is 0 Å². The van der Waals surface area contributed by atoms with Crippen LogP contribution in [-0.4, -0.2) is 40.7 Å². The fourth-order valence-electron chi connectivity index (χ4n) is 4.03. The van der Waals surface area contributed by atoms with Crippen LogP contribution < -0.4 is 0 Å². The zero-order valence-corrected chi connectivity index (χ0v) is 12.9. The Kier molecular flexibility index (Phi) is 4.71. The first-order valence-electron chi connectivity index (χ1n) is 8.74. The highest BCUT2D eigenvalue weighted by Gasteiger charge is 2.45. The first kappa shape index (κ1) is 14.7. The van der Waals surface area contributed by atoms with E-state index in [1.165, 1.54) is 25.7 Å². The lowest BCUT2D eigenvalue weighted by Crippen LogP contribution is -2.53. The molecule has 2 heterocycles. The second-order valence-corrected chi connectivity index (χ2v) is 6.81. The molecule has 4 nitrogen and oxygen atoms in total. The fraction of sp³-hybridized carbons (Fsp3) is 0.824. The average molecular weight is 291 g/mol. The monoisotopic (exact) mass is 291 g/mol. The van der Waals surface area contributed by atoms with Gasteiger partial charge in [-0.2, -0.15) is 9.69 Å². The number of imide groups is 1. The van der Waals surface area contributed by atoms with Gasteiger partial charge in [-0.1, -0.05) is 25.7 Å². The van der Waals surface area contributed by atoms with Crippen LogP contribution in [0.15, 0.2) is 0 Å². The number of nitrogens with zero attached hydrogens (tertiary/aromatic N) is 2. The smallest absolute Gasteiger partial charge is 0.246 e. The van der Waals surface area contributed by atoms with Gasteiger partial charge in [0.15, 0.2) is 0 Å². The van der Waals surface area contributed by atoms with E-state index in [1.54, 1.807) is 4.90 Å². The molecule has 1 aliphatic carbocycles. The maximum atomic E-state index is 12.8. The van der Waals surface area contributed by atoms with Crippen LogP contribution in [0.2, 0.25) is 0 Å². The molecule has 1 saturated carbocycles. The second kappa shape index (κ2) is 6.71. The Labute approximate surface area is 127 Å². The van der Waals surface area contributed by atoms with Crippen molar-refractivity contribution in [1.82, 2.24) is 4.90 Å². The highest BCUT2D eigenvalue weighted by atomic mass is 16.2. The van der Waals surface area contributed by atoms with E-state index >= 15 is 0 Å². The molecule has 0 aromatic carbocycles. The Morgan fingerprint density at radius 3 is 2.33 bits per heavy atom. The van der Waals surface area contributed by atoms with Crippen molar-refractivity contribution in [3.05, 3.63) is 0 Å². The molecule has 0 radical (unpaired) electrons. The van der Waals surface area contributed by atoms with Crippen LogP contribution in [0.4, 0.5) is 4.79 Å². The third-order valence-electron chi connectivity index (χ3n) is 5.31. The Balaban J connectivity index is 1.85. The summed E-state index contributed by atoms with van der Waals surface area (Å²) in [6.45, 7) is 1.40. The molecule has 3 amide bonds. The lowest BCUT2D eigenvalue weighted by atomic mass is 9.85. The lowest BCUT2D eigenvalue weighted by molar-refractivity contribution is -0.436. The third-order valence-corrected chi connectivity index (χ3v) is 5.31. The molecule has 3 rings (SSSR count). The van der Waals surface area contributed by atoms with Gasteiger partial charge in [-0.3, -0.25) is 0 Å². The van der Waals surface area contributed by atoms with Gasteiger partial charge in [-0.15, -0.1) is 0 Å². The molecule has 1 saturated heterocycles. The Morgan fingerprint density at radius 1 is 0.905 bits per heavy atom. The highest BCUT2D eigenvalue weighted by molar-refractivity contribution is 6.04. The minimum absolute atomic E-state index is 0.0566. The van der Waals surface area contributed by atoms with Gasteiger partial charge < -0.3 is 0 Å². The van der Waals surface area contributed by atoms with E-state index in [1.807, 2.05) is 10.8 Å². The lowest BCUT2D eigenvalue weighted by Gasteiger charge is -2.27. The highest BCUT2D eigenvalue weighted by Crippen LogP contribution is 2.31. The zero-order chi connectivity index (χ0) is 14.7. The maximum Gasteiger partial charge on any atom is 0.500 e. The minimum Gasteiger partial charge on any atom is -0.246 e. The summed E-state index contributed by atoms with van der Waals surface area (Å²) in [5, 5.41) is 0. The molecule has 0 spiro atoms. The van der Waals surface area contributed by atoms with Crippen LogP contribution in [0, 0.1) is 11.8 Å². The molecule has 0 N–H and O–H groups in total. The van der Waals surface area contributed by atoms with Crippen LogP contribution >= 0.6 is 0 Å². The van der Waals surface area contributed by atoms with Crippen LogP contribution in [0.25, 0.3) is 0 Å². The standard InChI is InChI=1S/C17H27N2O2/c20-16-15(14-9-5-1-2-6-10-14)13-18-11-7-3-4-8-12-19(16)17(18)21/h13-15H,1-12H2/q+1. The summed E-state index contributed by atoms with van der Waals surface area (Å²) in [6.07, 6.45) is 13.6. The van der Waals surface area contributed by atoms with Gasteiger partial charge in [-0.25, -0.2) is 9.37 Å². The number of carbonyl (C=O) groups is 2. The summed E-state index contributed by atoms with van der Waals surface area (Å²) in [7, 11) is 0. The summed E-state index contributed by atoms with van der Waals surface area (Å²) in [5.74, 6) is 0.461. The summed E-state index contributed by atoms with van der Waals surface area (Å²) in [5.41, 5.74) is 0. The maximum absolute atomic E-state index is 12.8. The van der Waals surface area contributed by atoms with Crippen molar-refractivity contribution in [2.45, 2.75) is 64.2 Å². The van der Waals surface area contributed by atoms with Gasteiger partial charge in [0.05, 0.1) is 19.3 Å². The molecule has 21 heavy (non-hydrogen) atoms. The molecule has 0 aromatic rings. The molecule has 1 unspecified atom stereocenters. The fourth-order valence-corrected chi connectivity index (χ4v) is 4.03. The van der Waals surface area contributed by atoms with Gasteiger partial charge in [0, 0.05) is 0 Å². The van der Waals surface area contributed by atoms with E-state index in [4.69, 9.17) is 0 Å². The molecule has 0 aromatic heterocycles. The largest absolute Gasteiger partial charge is 0.500 e. The van der Waals surface area contributed by atoms with E-state index < -0.39 is 0 Å². The number of fused-ring (bicyclic) bond motifs is 2. The molecule has 4 heteroatoms. The predicted molar refractivity (Wildman–Crippen MR) is 81.5 cm³/mol. The van der Waals surface area contributed by atoms with Crippen LogP contribution in [0.1, 0.15) is 64.2 Å². The molecule has 1 atom stereocenters. The number of rotatable bonds is 1. The summed E-state index contributed by atoms with van der Waals surface area (Å²) >= 11 is 0. The predicted octanol–water partition coefficient (Wildman–Crippen LogP) is 3.19. The number of urea groups is 1. The van der Waals surface area contributed by atoms with Crippen molar-refractivity contribution >= 4 is 18.2 Å². The van der Waals surface area contributed by atoms with Gasteiger partial charge in [0.25, 0.3) is 0 Å². The van der Waals surface area contributed by atoms with Crippen molar-refractivity contribution in [2.75, 3.05) is 13.1 Å². The first-order valence-corrected chi connectivity index (χ1v) is 8.74. The summed E-state index contributed by atoms with van der Waals surface area (Å²) in [4.78, 5) is 26.8. The quantitative estimate of drug-likeness (QED) is 0.550. The van der Waals surface area contributed by atoms with E-state index in [9.17, 15) is 9.59 Å². The van der Waals surface area contributed by atoms with Crippen molar-refractivity contribution < 1.29 is 14.2 Å². The zero-order valence-electron chi connectivity index (χ0n) is 12.9. The Bertz CT molecular complexity index is 436. The molecule has 2 fully saturated rings. The first-order chi connectivity index (χ1) is 10.3. The van der Waals surface area contributed by atoms with E-state index in [2.05, 4.69) is 0 Å². The van der Waals surface area contributed by atoms with Crippen molar-refractivity contribution in [2.24, 2.45) is 11.8 Å². The van der Waals surface area contributed by atoms with E-state index in [0.717, 1.165) is 45.1 Å². The van der Waals surface area contributed by atoms with Gasteiger partial charge >= 0.3 is 11.9 Å². The SMILES string of the molecule is O=C1C(C2CCCCCC2)C=[N+]2CCCCCCN1C2=O. The molecular weight excluding hydrogens is 264 g/mol. The molecular formula is C17H27N2O2+. The van der Waals surface area contributed by atoms with Gasteiger partial charge in [0.1, 0.15) is 5.92 Å². The summed E-state index contributed by atoms with van der Waals surface area (Å²) in [6, 6.07) is -0.0771. The molecule has 3 aliphatic rings. The van der Waals surface area contributed by atoms with Crippen molar-refractivity contribution in [1.29, 1.82) is 0 Å². The number of hydrogen-bond donors (Lipinski definition) is 0. The van der Waals surface area contributed by atoms with E-state index in [0.29, 0.717) is 12.5 Å². The number of carbonyl (C=O) groups excluding carboxylic acids is 2. The normalized spacial score (nSPS) is 29.2. The minimum atomic E-state index is -0.0771. The Morgan fingerprint density at radius 2 is 1.57 bits per heavy atom. The van der Waals surface area contributed by atoms with Gasteiger partial charge in [0.2, 0.25) is 0 Å². The topological polar surface area (TPSA) is 40.4 Å². The summed E-state index contributed by atoms with van der Waals surface area (Å²) < 4.78 is 1.84. The van der Waals surface area contributed by atoms with Crippen molar-refractivity contribution in [3.8, 4) is 0 Å². The molecule has 2 bridgehead atoms.